The zero-order valence-corrected chi connectivity index (χ0v) is 11.3. The normalized spacial score (nSPS) is 14.4. The van der Waals surface area contributed by atoms with Gasteiger partial charge < -0.3 is 15.2 Å². The van der Waals surface area contributed by atoms with Crippen LogP contribution in [-0.2, 0) is 4.74 Å². The van der Waals surface area contributed by atoms with E-state index >= 15 is 0 Å². The number of rotatable bonds is 4. The second-order valence-corrected chi connectivity index (χ2v) is 6.00. The van der Waals surface area contributed by atoms with Gasteiger partial charge in [-0.15, -0.1) is 0 Å². The van der Waals surface area contributed by atoms with Gasteiger partial charge in [-0.05, 0) is 47.0 Å². The van der Waals surface area contributed by atoms with Crippen LogP contribution >= 0.6 is 0 Å². The highest BCUT2D eigenvalue weighted by atomic mass is 16.6. The van der Waals surface area contributed by atoms with Crippen molar-refractivity contribution in [2.45, 2.75) is 59.1 Å². The first-order valence-electron chi connectivity index (χ1n) is 5.68. The fraction of sp³-hybridized carbons (Fsp3) is 0.917. The molecule has 2 N–H and O–H groups in total. The Balaban J connectivity index is 4.20. The molecule has 0 fully saturated rings. The van der Waals surface area contributed by atoms with Crippen molar-refractivity contribution in [3.63, 3.8) is 0 Å². The van der Waals surface area contributed by atoms with Gasteiger partial charge in [-0.3, -0.25) is 0 Å². The lowest BCUT2D eigenvalue weighted by Crippen LogP contribution is -2.46. The fourth-order valence-corrected chi connectivity index (χ4v) is 1.57. The molecule has 4 heteroatoms. The summed E-state index contributed by atoms with van der Waals surface area (Å²) in [4.78, 5) is 11.5. The van der Waals surface area contributed by atoms with Crippen LogP contribution in [0.5, 0.6) is 0 Å². The Morgan fingerprint density at radius 3 is 2.19 bits per heavy atom. The molecule has 1 atom stereocenters. The van der Waals surface area contributed by atoms with Gasteiger partial charge >= 0.3 is 6.09 Å². The summed E-state index contributed by atoms with van der Waals surface area (Å²) in [7, 11) is 0. The number of alkyl carbamates (subject to hydrolysis) is 1. The maximum atomic E-state index is 11.5. The van der Waals surface area contributed by atoms with Crippen LogP contribution in [0.1, 0.15) is 48.0 Å². The van der Waals surface area contributed by atoms with Gasteiger partial charge in [0, 0.05) is 12.1 Å². The number of nitrogens with one attached hydrogen (secondary N) is 1. The summed E-state index contributed by atoms with van der Waals surface area (Å²) in [5, 5.41) is 11.8. The predicted molar refractivity (Wildman–Crippen MR) is 64.3 cm³/mol. The molecule has 1 amide bonds. The fourth-order valence-electron chi connectivity index (χ4n) is 1.57. The van der Waals surface area contributed by atoms with E-state index in [1.807, 2.05) is 41.5 Å². The zero-order valence-electron chi connectivity index (χ0n) is 11.3. The Morgan fingerprint density at radius 2 is 1.81 bits per heavy atom. The Labute approximate surface area is 98.4 Å². The molecular weight excluding hydrogens is 206 g/mol. The van der Waals surface area contributed by atoms with Gasteiger partial charge in [0.25, 0.3) is 0 Å². The average molecular weight is 231 g/mol. The van der Waals surface area contributed by atoms with E-state index in [1.165, 1.54) is 0 Å². The van der Waals surface area contributed by atoms with Crippen molar-refractivity contribution in [3.05, 3.63) is 0 Å². The smallest absolute Gasteiger partial charge is 0.408 e. The molecule has 0 aliphatic rings. The van der Waals surface area contributed by atoms with Gasteiger partial charge in [-0.1, -0.05) is 6.92 Å². The minimum absolute atomic E-state index is 0.124. The maximum Gasteiger partial charge on any atom is 0.408 e. The van der Waals surface area contributed by atoms with E-state index in [9.17, 15) is 4.79 Å². The topological polar surface area (TPSA) is 58.6 Å². The van der Waals surface area contributed by atoms with Crippen LogP contribution in [0.2, 0.25) is 0 Å². The summed E-state index contributed by atoms with van der Waals surface area (Å²) in [5.74, 6) is 0.157. The molecule has 0 rings (SSSR count). The number of ether oxygens (including phenoxy) is 1. The summed E-state index contributed by atoms with van der Waals surface area (Å²) in [6.45, 7) is 11.4. The zero-order chi connectivity index (χ0) is 13.0. The van der Waals surface area contributed by atoms with Crippen molar-refractivity contribution in [3.8, 4) is 0 Å². The summed E-state index contributed by atoms with van der Waals surface area (Å²) in [6, 6.07) is 0. The number of aliphatic hydroxyl groups is 1. The summed E-state index contributed by atoms with van der Waals surface area (Å²) < 4.78 is 5.18. The monoisotopic (exact) mass is 231 g/mol. The summed E-state index contributed by atoms with van der Waals surface area (Å²) in [6.07, 6.45) is 0.297. The lowest BCUT2D eigenvalue weighted by atomic mass is 9.92. The molecule has 0 saturated heterocycles. The van der Waals surface area contributed by atoms with Crippen molar-refractivity contribution in [1.29, 1.82) is 0 Å². The number of hydrogen-bond acceptors (Lipinski definition) is 3. The SMILES string of the molecule is CC(CO)CC(C)(C)NC(=O)OC(C)(C)C. The third-order valence-electron chi connectivity index (χ3n) is 2.01. The molecule has 0 aromatic carbocycles. The molecular formula is C12H25NO3. The predicted octanol–water partition coefficient (Wildman–Crippen LogP) is 2.31. The summed E-state index contributed by atoms with van der Waals surface area (Å²) >= 11 is 0. The first-order valence-corrected chi connectivity index (χ1v) is 5.68. The molecule has 0 aliphatic carbocycles. The van der Waals surface area contributed by atoms with Crippen molar-refractivity contribution < 1.29 is 14.6 Å². The van der Waals surface area contributed by atoms with Crippen molar-refractivity contribution in [2.75, 3.05) is 6.61 Å². The number of amides is 1. The molecule has 96 valence electrons. The van der Waals surface area contributed by atoms with Gasteiger partial charge in [-0.25, -0.2) is 4.79 Å². The average Bonchev–Trinajstić information content (AvgIpc) is 1.97. The van der Waals surface area contributed by atoms with Crippen molar-refractivity contribution in [2.24, 2.45) is 5.92 Å². The molecule has 4 nitrogen and oxygen atoms in total. The molecule has 0 bridgehead atoms. The summed E-state index contributed by atoms with van der Waals surface area (Å²) in [5.41, 5.74) is -0.854. The van der Waals surface area contributed by atoms with E-state index in [2.05, 4.69) is 5.32 Å². The van der Waals surface area contributed by atoms with E-state index in [0.717, 1.165) is 0 Å². The van der Waals surface area contributed by atoms with Crippen molar-refractivity contribution >= 4 is 6.09 Å². The third-order valence-corrected chi connectivity index (χ3v) is 2.01. The Hall–Kier alpha value is -0.770. The van der Waals surface area contributed by atoms with E-state index < -0.39 is 11.7 Å². The maximum absolute atomic E-state index is 11.5. The molecule has 0 spiro atoms. The highest BCUT2D eigenvalue weighted by molar-refractivity contribution is 5.68. The number of carbonyl (C=O) groups excluding carboxylic acids is 1. The Kier molecular flexibility index (Phi) is 5.26. The number of hydrogen-bond donors (Lipinski definition) is 2. The van der Waals surface area contributed by atoms with E-state index in [4.69, 9.17) is 9.84 Å². The van der Waals surface area contributed by atoms with Crippen LogP contribution in [0.15, 0.2) is 0 Å². The second-order valence-electron chi connectivity index (χ2n) is 6.00. The lowest BCUT2D eigenvalue weighted by molar-refractivity contribution is 0.0453. The van der Waals surface area contributed by atoms with E-state index in [0.29, 0.717) is 6.42 Å². The van der Waals surface area contributed by atoms with E-state index in [1.54, 1.807) is 0 Å². The molecule has 16 heavy (non-hydrogen) atoms. The van der Waals surface area contributed by atoms with Crippen LogP contribution < -0.4 is 5.32 Å². The highest BCUT2D eigenvalue weighted by Gasteiger charge is 2.25. The lowest BCUT2D eigenvalue weighted by Gasteiger charge is -2.30. The quantitative estimate of drug-likeness (QED) is 0.780. The largest absolute Gasteiger partial charge is 0.444 e. The van der Waals surface area contributed by atoms with Crippen LogP contribution in [0.3, 0.4) is 0 Å². The first kappa shape index (κ1) is 15.2. The molecule has 0 heterocycles. The molecule has 0 radical (unpaired) electrons. The Bertz CT molecular complexity index is 231. The molecule has 0 aromatic rings. The van der Waals surface area contributed by atoms with Gasteiger partial charge in [-0.2, -0.15) is 0 Å². The molecule has 0 aliphatic heterocycles. The van der Waals surface area contributed by atoms with Crippen LogP contribution in [0.25, 0.3) is 0 Å². The van der Waals surface area contributed by atoms with Crippen molar-refractivity contribution in [1.82, 2.24) is 5.32 Å². The van der Waals surface area contributed by atoms with Gasteiger partial charge in [0.15, 0.2) is 0 Å². The third kappa shape index (κ3) is 7.51. The van der Waals surface area contributed by atoms with E-state index in [-0.39, 0.29) is 18.1 Å². The first-order chi connectivity index (χ1) is 7.06. The standard InChI is InChI=1S/C12H25NO3/c1-9(8-14)7-12(5,6)13-10(15)16-11(2,3)4/h9,14H,7-8H2,1-6H3,(H,13,15). The highest BCUT2D eigenvalue weighted by Crippen LogP contribution is 2.17. The van der Waals surface area contributed by atoms with Gasteiger partial charge in [0.1, 0.15) is 5.60 Å². The molecule has 1 unspecified atom stereocenters. The number of aliphatic hydroxyl groups excluding tert-OH is 1. The minimum Gasteiger partial charge on any atom is -0.444 e. The van der Waals surface area contributed by atoms with Crippen LogP contribution in [0, 0.1) is 5.92 Å². The number of carbonyl (C=O) groups is 1. The van der Waals surface area contributed by atoms with Gasteiger partial charge in [0.2, 0.25) is 0 Å². The van der Waals surface area contributed by atoms with Crippen LogP contribution in [0.4, 0.5) is 4.79 Å². The van der Waals surface area contributed by atoms with Gasteiger partial charge in [0.05, 0.1) is 0 Å². The van der Waals surface area contributed by atoms with Crippen LogP contribution in [-0.4, -0.2) is 28.9 Å². The molecule has 0 aromatic heterocycles. The molecule has 0 saturated carbocycles. The minimum atomic E-state index is -0.483. The Morgan fingerprint density at radius 1 is 1.31 bits per heavy atom. The second kappa shape index (κ2) is 5.53.